The van der Waals surface area contributed by atoms with Crippen molar-refractivity contribution in [3.8, 4) is 0 Å². The molecule has 1 spiro atoms. The highest BCUT2D eigenvalue weighted by molar-refractivity contribution is 5.77. The number of pyridine rings is 1. The molecule has 6 nitrogen and oxygen atoms in total. The second-order valence-electron chi connectivity index (χ2n) is 8.94. The molecule has 2 heterocycles. The van der Waals surface area contributed by atoms with Gasteiger partial charge in [-0.05, 0) is 42.0 Å². The number of rotatable bonds is 8. The maximum absolute atomic E-state index is 12.6. The molecule has 0 saturated carbocycles. The van der Waals surface area contributed by atoms with Gasteiger partial charge in [0.1, 0.15) is 0 Å². The Morgan fingerprint density at radius 3 is 2.73 bits per heavy atom. The second-order valence-corrected chi connectivity index (χ2v) is 8.94. The van der Waals surface area contributed by atoms with Crippen LogP contribution >= 0.6 is 0 Å². The van der Waals surface area contributed by atoms with E-state index in [1.54, 1.807) is 12.3 Å². The Morgan fingerprint density at radius 2 is 2.03 bits per heavy atom. The second kappa shape index (κ2) is 10.3. The summed E-state index contributed by atoms with van der Waals surface area (Å²) in [7, 11) is 0. The number of benzene rings is 1. The lowest BCUT2D eigenvalue weighted by Crippen LogP contribution is -2.51. The molecule has 4 rings (SSSR count). The van der Waals surface area contributed by atoms with Gasteiger partial charge in [0, 0.05) is 43.7 Å². The van der Waals surface area contributed by atoms with Crippen LogP contribution in [-0.4, -0.2) is 40.9 Å². The van der Waals surface area contributed by atoms with Crippen molar-refractivity contribution in [2.45, 2.75) is 63.2 Å². The minimum absolute atomic E-state index is 0.0128. The number of ether oxygens (including phenoxy) is 1. The molecular weight excluding hydrogens is 414 g/mol. The van der Waals surface area contributed by atoms with Crippen LogP contribution in [0.25, 0.3) is 0 Å². The number of nitrogens with zero attached hydrogens (tertiary/aromatic N) is 2. The minimum Gasteiger partial charge on any atom is -0.370 e. The van der Waals surface area contributed by atoms with Crippen LogP contribution in [-0.2, 0) is 26.3 Å². The number of allylic oxidation sites excluding steroid dienone is 1. The predicted molar refractivity (Wildman–Crippen MR) is 127 cm³/mol. The van der Waals surface area contributed by atoms with Crippen LogP contribution in [0, 0.1) is 0 Å². The fourth-order valence-corrected chi connectivity index (χ4v) is 5.30. The van der Waals surface area contributed by atoms with E-state index in [1.807, 2.05) is 36.2 Å². The minimum atomic E-state index is -0.250. The zero-order valence-corrected chi connectivity index (χ0v) is 19.3. The molecule has 1 aliphatic heterocycles. The Hall–Kier alpha value is -2.99. The van der Waals surface area contributed by atoms with Gasteiger partial charge >= 0.3 is 0 Å². The van der Waals surface area contributed by atoms with E-state index in [1.165, 1.54) is 5.56 Å². The topological polar surface area (TPSA) is 71.5 Å². The molecule has 1 N–H and O–H groups in total. The van der Waals surface area contributed by atoms with Gasteiger partial charge < -0.3 is 15.0 Å². The Bertz CT molecular complexity index is 983. The smallest absolute Gasteiger partial charge is 0.222 e. The van der Waals surface area contributed by atoms with Crippen LogP contribution in [0.15, 0.2) is 61.4 Å². The molecule has 0 radical (unpaired) electrons. The monoisotopic (exact) mass is 447 g/mol. The van der Waals surface area contributed by atoms with Crippen molar-refractivity contribution < 1.29 is 14.3 Å². The number of amides is 2. The summed E-state index contributed by atoms with van der Waals surface area (Å²) in [5, 5.41) is 3.23. The molecule has 1 aromatic heterocycles. The normalized spacial score (nSPS) is 20.9. The summed E-state index contributed by atoms with van der Waals surface area (Å²) in [5.74, 6) is 0.193. The van der Waals surface area contributed by atoms with Gasteiger partial charge in [0.05, 0.1) is 18.8 Å². The number of carbonyl (C=O) groups excluding carboxylic acids is 2. The Morgan fingerprint density at radius 1 is 1.24 bits per heavy atom. The molecule has 2 aromatic rings. The number of carbonyl (C=O) groups is 2. The average molecular weight is 448 g/mol. The standard InChI is InChI=1S/C27H33N3O3/c1-3-5-12-24(32)30-16-13-27(14-17-30)22-11-7-6-10-21(22)25(29-23(31)4-2)26(27)33-19-20-9-8-15-28-18-20/h3,6-11,15,18,25-26H,1,4-5,12-14,16-17,19H2,2H3,(H,29,31)/t25-,26+/m1/s1. The van der Waals surface area contributed by atoms with Crippen molar-refractivity contribution in [3.05, 3.63) is 78.1 Å². The summed E-state index contributed by atoms with van der Waals surface area (Å²) in [6.07, 6.45) is 8.38. The molecule has 2 amide bonds. The van der Waals surface area contributed by atoms with E-state index in [0.29, 0.717) is 39.0 Å². The van der Waals surface area contributed by atoms with Gasteiger partial charge in [-0.1, -0.05) is 43.3 Å². The summed E-state index contributed by atoms with van der Waals surface area (Å²) in [6.45, 7) is 7.39. The Labute approximate surface area is 196 Å². The van der Waals surface area contributed by atoms with Crippen molar-refractivity contribution in [3.63, 3.8) is 0 Å². The SMILES string of the molecule is C=CCCC(=O)N1CCC2(CC1)c1ccccc1[C@@H](NC(=O)CC)[C@@H]2OCc1cccnc1. The molecular formula is C27H33N3O3. The van der Waals surface area contributed by atoms with Crippen molar-refractivity contribution >= 4 is 11.8 Å². The lowest BCUT2D eigenvalue weighted by molar-refractivity contribution is -0.134. The number of likely N-dealkylation sites (tertiary alicyclic amines) is 1. The quantitative estimate of drug-likeness (QED) is 0.619. The molecule has 0 unspecified atom stereocenters. The summed E-state index contributed by atoms with van der Waals surface area (Å²) >= 11 is 0. The first kappa shape index (κ1) is 23.2. The number of hydrogen-bond acceptors (Lipinski definition) is 4. The predicted octanol–water partition coefficient (Wildman–Crippen LogP) is 4.07. The molecule has 0 bridgehead atoms. The van der Waals surface area contributed by atoms with E-state index < -0.39 is 0 Å². The van der Waals surface area contributed by atoms with Crippen LogP contribution < -0.4 is 5.32 Å². The van der Waals surface area contributed by atoms with Gasteiger partial charge in [-0.3, -0.25) is 14.6 Å². The highest BCUT2D eigenvalue weighted by Crippen LogP contribution is 2.52. The first-order chi connectivity index (χ1) is 16.1. The molecule has 174 valence electrons. The van der Waals surface area contributed by atoms with Gasteiger partial charge in [0.2, 0.25) is 11.8 Å². The third kappa shape index (κ3) is 4.71. The fraction of sp³-hybridized carbons (Fsp3) is 0.444. The van der Waals surface area contributed by atoms with Crippen LogP contribution in [0.5, 0.6) is 0 Å². The summed E-state index contributed by atoms with van der Waals surface area (Å²) in [6, 6.07) is 12.0. The third-order valence-corrected chi connectivity index (χ3v) is 7.04. The van der Waals surface area contributed by atoms with Crippen molar-refractivity contribution in [1.82, 2.24) is 15.2 Å². The van der Waals surface area contributed by atoms with E-state index in [2.05, 4.69) is 35.1 Å². The largest absolute Gasteiger partial charge is 0.370 e. The summed E-state index contributed by atoms with van der Waals surface area (Å²) in [5.41, 5.74) is 3.11. The highest BCUT2D eigenvalue weighted by atomic mass is 16.5. The fourth-order valence-electron chi connectivity index (χ4n) is 5.30. The van der Waals surface area contributed by atoms with Crippen LogP contribution in [0.3, 0.4) is 0 Å². The van der Waals surface area contributed by atoms with Gasteiger partial charge in [0.15, 0.2) is 0 Å². The van der Waals surface area contributed by atoms with E-state index in [-0.39, 0.29) is 29.4 Å². The van der Waals surface area contributed by atoms with E-state index in [4.69, 9.17) is 4.74 Å². The first-order valence-corrected chi connectivity index (χ1v) is 11.9. The van der Waals surface area contributed by atoms with E-state index >= 15 is 0 Å². The molecule has 6 heteroatoms. The summed E-state index contributed by atoms with van der Waals surface area (Å²) in [4.78, 5) is 31.3. The molecule has 1 aromatic carbocycles. The van der Waals surface area contributed by atoms with Crippen LogP contribution in [0.1, 0.15) is 61.8 Å². The highest BCUT2D eigenvalue weighted by Gasteiger charge is 2.54. The summed E-state index contributed by atoms with van der Waals surface area (Å²) < 4.78 is 6.61. The average Bonchev–Trinajstić information content (AvgIpc) is 3.10. The molecule has 1 fully saturated rings. The molecule has 2 aliphatic rings. The first-order valence-electron chi connectivity index (χ1n) is 11.9. The number of nitrogens with one attached hydrogen (secondary N) is 1. The molecule has 1 saturated heterocycles. The third-order valence-electron chi connectivity index (χ3n) is 7.04. The number of hydrogen-bond donors (Lipinski definition) is 1. The van der Waals surface area contributed by atoms with Crippen LogP contribution in [0.4, 0.5) is 0 Å². The van der Waals surface area contributed by atoms with Gasteiger partial charge in [-0.2, -0.15) is 0 Å². The zero-order chi connectivity index (χ0) is 23.3. The van der Waals surface area contributed by atoms with E-state index in [9.17, 15) is 9.59 Å². The lowest BCUT2D eigenvalue weighted by Gasteiger charge is -2.44. The number of aromatic nitrogens is 1. The Balaban J connectivity index is 1.63. The lowest BCUT2D eigenvalue weighted by atomic mass is 9.71. The van der Waals surface area contributed by atoms with Crippen molar-refractivity contribution in [2.24, 2.45) is 0 Å². The van der Waals surface area contributed by atoms with Crippen LogP contribution in [0.2, 0.25) is 0 Å². The zero-order valence-electron chi connectivity index (χ0n) is 19.3. The molecule has 1 aliphatic carbocycles. The van der Waals surface area contributed by atoms with Gasteiger partial charge in [-0.25, -0.2) is 0 Å². The van der Waals surface area contributed by atoms with Crippen molar-refractivity contribution in [1.29, 1.82) is 0 Å². The maximum atomic E-state index is 12.6. The Kier molecular flexibility index (Phi) is 7.23. The molecule has 33 heavy (non-hydrogen) atoms. The number of piperidine rings is 1. The van der Waals surface area contributed by atoms with Gasteiger partial charge in [-0.15, -0.1) is 6.58 Å². The maximum Gasteiger partial charge on any atom is 0.222 e. The number of fused-ring (bicyclic) bond motifs is 2. The van der Waals surface area contributed by atoms with Gasteiger partial charge in [0.25, 0.3) is 0 Å². The van der Waals surface area contributed by atoms with Crippen molar-refractivity contribution in [2.75, 3.05) is 13.1 Å². The molecule has 2 atom stereocenters. The van der Waals surface area contributed by atoms with E-state index in [0.717, 1.165) is 24.0 Å².